The first-order valence-electron chi connectivity index (χ1n) is 6.63. The Balaban J connectivity index is 2.41. The summed E-state index contributed by atoms with van der Waals surface area (Å²) >= 11 is 0. The summed E-state index contributed by atoms with van der Waals surface area (Å²) in [4.78, 5) is 28.0. The fourth-order valence-corrected chi connectivity index (χ4v) is 2.56. The second-order valence-electron chi connectivity index (χ2n) is 5.55. The third-order valence-electron chi connectivity index (χ3n) is 3.84. The van der Waals surface area contributed by atoms with Crippen molar-refractivity contribution in [2.75, 3.05) is 25.6 Å². The Labute approximate surface area is 122 Å². The van der Waals surface area contributed by atoms with Crippen molar-refractivity contribution in [3.63, 3.8) is 0 Å². The lowest BCUT2D eigenvalue weighted by Gasteiger charge is -2.44. The highest BCUT2D eigenvalue weighted by atomic mass is 19.1. The fraction of sp³-hybridized carbons (Fsp3) is 0.429. The van der Waals surface area contributed by atoms with Gasteiger partial charge in [-0.2, -0.15) is 0 Å². The first-order chi connectivity index (χ1) is 9.80. The maximum atomic E-state index is 13.7. The topological polar surface area (TPSA) is 78.7 Å². The molecule has 0 spiro atoms. The number of likely N-dealkylation sites (N-methyl/N-ethyl adjacent to an activating group) is 1. The van der Waals surface area contributed by atoms with Crippen molar-refractivity contribution in [2.24, 2.45) is 5.84 Å². The van der Waals surface area contributed by atoms with Crippen molar-refractivity contribution in [3.8, 4) is 0 Å². The van der Waals surface area contributed by atoms with E-state index in [1.807, 2.05) is 0 Å². The Morgan fingerprint density at radius 3 is 2.67 bits per heavy atom. The number of nitrogens with one attached hydrogen (secondary N) is 1. The van der Waals surface area contributed by atoms with E-state index in [1.165, 1.54) is 23.1 Å². The van der Waals surface area contributed by atoms with E-state index in [2.05, 4.69) is 5.43 Å². The zero-order chi connectivity index (χ0) is 15.8. The molecule has 0 bridgehead atoms. The van der Waals surface area contributed by atoms with Crippen LogP contribution in [0.25, 0.3) is 0 Å². The number of nitrogen functional groups attached to an aromatic ring is 1. The van der Waals surface area contributed by atoms with Crippen LogP contribution in [0.1, 0.15) is 24.2 Å². The standard InChI is InChI=1S/C14H19FN4O2/c1-14(2)13(21)18(3)7-8-19(14)12(20)9-5-4-6-10(15)11(9)17-16/h4-6,17H,7-8,16H2,1-3H3. The number of nitrogens with zero attached hydrogens (tertiary/aromatic N) is 2. The molecule has 1 saturated heterocycles. The smallest absolute Gasteiger partial charge is 0.257 e. The maximum absolute atomic E-state index is 13.7. The average molecular weight is 294 g/mol. The van der Waals surface area contributed by atoms with Gasteiger partial charge in [-0.25, -0.2) is 4.39 Å². The number of hydrogen-bond donors (Lipinski definition) is 2. The molecule has 1 aliphatic rings. The second kappa shape index (κ2) is 5.33. The van der Waals surface area contributed by atoms with Gasteiger partial charge in [0.25, 0.3) is 5.91 Å². The zero-order valence-electron chi connectivity index (χ0n) is 12.3. The van der Waals surface area contributed by atoms with Gasteiger partial charge in [0.2, 0.25) is 5.91 Å². The lowest BCUT2D eigenvalue weighted by Crippen LogP contribution is -2.63. The lowest BCUT2D eigenvalue weighted by atomic mass is 9.96. The molecule has 1 aromatic carbocycles. The minimum absolute atomic E-state index is 0.0651. The van der Waals surface area contributed by atoms with E-state index in [0.29, 0.717) is 13.1 Å². The first kappa shape index (κ1) is 15.2. The number of piperazine rings is 1. The van der Waals surface area contributed by atoms with Crippen molar-refractivity contribution in [3.05, 3.63) is 29.6 Å². The number of anilines is 1. The van der Waals surface area contributed by atoms with Crippen LogP contribution in [0.3, 0.4) is 0 Å². The van der Waals surface area contributed by atoms with Gasteiger partial charge in [-0.1, -0.05) is 6.07 Å². The van der Waals surface area contributed by atoms with Crippen LogP contribution in [0.2, 0.25) is 0 Å². The van der Waals surface area contributed by atoms with Gasteiger partial charge in [-0.05, 0) is 26.0 Å². The van der Waals surface area contributed by atoms with E-state index in [1.54, 1.807) is 25.8 Å². The molecule has 0 aliphatic carbocycles. The van der Waals surface area contributed by atoms with Crippen molar-refractivity contribution in [2.45, 2.75) is 19.4 Å². The highest BCUT2D eigenvalue weighted by Crippen LogP contribution is 2.27. The number of nitrogens with two attached hydrogens (primary N) is 1. The van der Waals surface area contributed by atoms with Crippen LogP contribution in [0.4, 0.5) is 10.1 Å². The van der Waals surface area contributed by atoms with Crippen LogP contribution in [0.15, 0.2) is 18.2 Å². The molecule has 1 fully saturated rings. The maximum Gasteiger partial charge on any atom is 0.257 e. The van der Waals surface area contributed by atoms with E-state index in [0.717, 1.165) is 0 Å². The van der Waals surface area contributed by atoms with Crippen LogP contribution in [-0.2, 0) is 4.79 Å². The Morgan fingerprint density at radius 1 is 1.38 bits per heavy atom. The molecular formula is C14H19FN4O2. The molecule has 3 N–H and O–H groups in total. The van der Waals surface area contributed by atoms with E-state index in [9.17, 15) is 14.0 Å². The van der Waals surface area contributed by atoms with Gasteiger partial charge in [-0.15, -0.1) is 0 Å². The second-order valence-corrected chi connectivity index (χ2v) is 5.55. The van der Waals surface area contributed by atoms with E-state index in [-0.39, 0.29) is 17.2 Å². The number of carbonyl (C=O) groups is 2. The molecule has 1 aromatic rings. The molecule has 2 rings (SSSR count). The summed E-state index contributed by atoms with van der Waals surface area (Å²) in [5, 5.41) is 0. The minimum atomic E-state index is -0.984. The van der Waals surface area contributed by atoms with Crippen LogP contribution in [-0.4, -0.2) is 47.3 Å². The van der Waals surface area contributed by atoms with E-state index in [4.69, 9.17) is 5.84 Å². The summed E-state index contributed by atoms with van der Waals surface area (Å²) in [5.41, 5.74) is 1.28. The molecular weight excluding hydrogens is 275 g/mol. The molecule has 1 aliphatic heterocycles. The van der Waals surface area contributed by atoms with E-state index < -0.39 is 17.3 Å². The van der Waals surface area contributed by atoms with Gasteiger partial charge in [0.05, 0.1) is 11.3 Å². The summed E-state index contributed by atoms with van der Waals surface area (Å²) in [6.07, 6.45) is 0. The minimum Gasteiger partial charge on any atom is -0.342 e. The predicted molar refractivity (Wildman–Crippen MR) is 77.0 cm³/mol. The normalized spacial score (nSPS) is 17.9. The summed E-state index contributed by atoms with van der Waals surface area (Å²) in [6.45, 7) is 4.18. The molecule has 0 atom stereocenters. The van der Waals surface area contributed by atoms with Crippen LogP contribution >= 0.6 is 0 Å². The highest BCUT2D eigenvalue weighted by molar-refractivity contribution is 6.03. The lowest BCUT2D eigenvalue weighted by molar-refractivity contribution is -0.144. The van der Waals surface area contributed by atoms with Gasteiger partial charge in [0.15, 0.2) is 0 Å². The number of para-hydroxylation sites is 1. The summed E-state index contributed by atoms with van der Waals surface area (Å²) in [7, 11) is 1.70. The molecule has 0 saturated carbocycles. The van der Waals surface area contributed by atoms with Gasteiger partial charge in [-0.3, -0.25) is 15.4 Å². The predicted octanol–water partition coefficient (Wildman–Crippen LogP) is 0.804. The molecule has 0 radical (unpaired) electrons. The number of halogens is 1. The van der Waals surface area contributed by atoms with Gasteiger partial charge < -0.3 is 15.2 Å². The Hall–Kier alpha value is -2.15. The summed E-state index contributed by atoms with van der Waals surface area (Å²) < 4.78 is 13.7. The van der Waals surface area contributed by atoms with Gasteiger partial charge in [0, 0.05) is 20.1 Å². The number of carbonyl (C=O) groups excluding carboxylic acids is 2. The van der Waals surface area contributed by atoms with Crippen LogP contribution in [0.5, 0.6) is 0 Å². The first-order valence-corrected chi connectivity index (χ1v) is 6.63. The number of rotatable bonds is 2. The largest absolute Gasteiger partial charge is 0.342 e. The monoisotopic (exact) mass is 294 g/mol. The summed E-state index contributed by atoms with van der Waals surface area (Å²) in [5.74, 6) is 4.12. The molecule has 21 heavy (non-hydrogen) atoms. The Morgan fingerprint density at radius 2 is 2.05 bits per heavy atom. The quantitative estimate of drug-likeness (QED) is 0.625. The molecule has 1 heterocycles. The molecule has 114 valence electrons. The van der Waals surface area contributed by atoms with Crippen LogP contribution in [0, 0.1) is 5.82 Å². The molecule has 0 unspecified atom stereocenters. The molecule has 6 nitrogen and oxygen atoms in total. The SMILES string of the molecule is CN1CCN(C(=O)c2cccc(F)c2NN)C(C)(C)C1=O. The molecule has 2 amide bonds. The third kappa shape index (κ3) is 2.44. The highest BCUT2D eigenvalue weighted by Gasteiger charge is 2.43. The summed E-state index contributed by atoms with van der Waals surface area (Å²) in [6, 6.07) is 4.14. The number of benzene rings is 1. The third-order valence-corrected chi connectivity index (χ3v) is 3.84. The van der Waals surface area contributed by atoms with Crippen molar-refractivity contribution in [1.29, 1.82) is 0 Å². The Kier molecular flexibility index (Phi) is 3.87. The number of hydrazine groups is 1. The number of amides is 2. The van der Waals surface area contributed by atoms with Gasteiger partial charge in [0.1, 0.15) is 11.4 Å². The zero-order valence-corrected chi connectivity index (χ0v) is 12.3. The van der Waals surface area contributed by atoms with Crippen molar-refractivity contribution >= 4 is 17.5 Å². The van der Waals surface area contributed by atoms with Gasteiger partial charge >= 0.3 is 0 Å². The van der Waals surface area contributed by atoms with Crippen molar-refractivity contribution < 1.29 is 14.0 Å². The average Bonchev–Trinajstić information content (AvgIpc) is 2.44. The van der Waals surface area contributed by atoms with Crippen molar-refractivity contribution in [1.82, 2.24) is 9.80 Å². The molecule has 7 heteroatoms. The number of hydrogen-bond acceptors (Lipinski definition) is 4. The van der Waals surface area contributed by atoms with E-state index >= 15 is 0 Å². The van der Waals surface area contributed by atoms with Crippen LogP contribution < -0.4 is 11.3 Å². The molecule has 0 aromatic heterocycles. The Bertz CT molecular complexity index is 588. The fourth-order valence-electron chi connectivity index (χ4n) is 2.56.